The number of hydrogen-bond donors (Lipinski definition) is 2. The summed E-state index contributed by atoms with van der Waals surface area (Å²) in [4.78, 5) is 16.4. The third kappa shape index (κ3) is 5.08. The number of aromatic nitrogens is 1. The quantitative estimate of drug-likeness (QED) is 0.871. The fraction of sp³-hybridized carbons (Fsp3) is 0.412. The minimum Gasteiger partial charge on any atom is -0.441 e. The van der Waals surface area contributed by atoms with E-state index >= 15 is 0 Å². The van der Waals surface area contributed by atoms with Crippen molar-refractivity contribution < 1.29 is 9.21 Å². The Morgan fingerprint density at radius 2 is 2.04 bits per heavy atom. The molecule has 0 fully saturated rings. The van der Waals surface area contributed by atoms with Crippen molar-refractivity contribution in [3.05, 3.63) is 35.7 Å². The fourth-order valence-corrected chi connectivity index (χ4v) is 2.18. The van der Waals surface area contributed by atoms with Crippen molar-refractivity contribution in [3.8, 4) is 11.5 Å². The van der Waals surface area contributed by atoms with Crippen LogP contribution in [-0.4, -0.2) is 16.9 Å². The number of aryl methyl sites for hydroxylation is 2. The number of carbonyl (C=O) groups is 1. The highest BCUT2D eigenvalue weighted by Crippen LogP contribution is 2.24. The molecule has 6 heteroatoms. The second-order valence-electron chi connectivity index (χ2n) is 5.97. The number of rotatable bonds is 5. The second-order valence-corrected chi connectivity index (χ2v) is 5.97. The van der Waals surface area contributed by atoms with E-state index in [9.17, 15) is 4.79 Å². The third-order valence-corrected chi connectivity index (χ3v) is 3.47. The number of amides is 1. The molecule has 0 saturated carbocycles. The Morgan fingerprint density at radius 1 is 1.35 bits per heavy atom. The van der Waals surface area contributed by atoms with Gasteiger partial charge >= 0.3 is 0 Å². The lowest BCUT2D eigenvalue weighted by Crippen LogP contribution is -2.36. The Kier molecular flexibility index (Phi) is 6.79. The molecule has 23 heavy (non-hydrogen) atoms. The van der Waals surface area contributed by atoms with Gasteiger partial charge in [-0.3, -0.25) is 4.79 Å². The summed E-state index contributed by atoms with van der Waals surface area (Å²) in [7, 11) is 0. The number of benzene rings is 1. The van der Waals surface area contributed by atoms with Gasteiger partial charge < -0.3 is 15.5 Å². The Hall–Kier alpha value is -1.85. The van der Waals surface area contributed by atoms with Crippen LogP contribution in [-0.2, 0) is 4.79 Å². The zero-order chi connectivity index (χ0) is 16.3. The van der Waals surface area contributed by atoms with Crippen LogP contribution in [0.4, 0.5) is 5.69 Å². The van der Waals surface area contributed by atoms with Crippen molar-refractivity contribution in [2.75, 3.05) is 5.32 Å². The molecule has 0 aliphatic carbocycles. The molecule has 0 radical (unpaired) electrons. The molecular formula is C17H24ClN3O2. The van der Waals surface area contributed by atoms with Gasteiger partial charge in [0.05, 0.1) is 11.7 Å². The molecule has 0 aliphatic rings. The number of nitrogens with one attached hydrogen (secondary N) is 1. The van der Waals surface area contributed by atoms with Gasteiger partial charge in [0.2, 0.25) is 11.8 Å². The van der Waals surface area contributed by atoms with E-state index in [1.807, 2.05) is 52.0 Å². The maximum atomic E-state index is 12.1. The molecule has 0 unspecified atom stereocenters. The average Bonchev–Trinajstić information content (AvgIpc) is 2.78. The third-order valence-electron chi connectivity index (χ3n) is 3.47. The van der Waals surface area contributed by atoms with Gasteiger partial charge in [-0.05, 0) is 44.4 Å². The van der Waals surface area contributed by atoms with Gasteiger partial charge in [-0.25, -0.2) is 4.98 Å². The molecule has 2 rings (SSSR count). The van der Waals surface area contributed by atoms with Crippen molar-refractivity contribution >= 4 is 24.0 Å². The molecule has 1 aromatic carbocycles. The molecule has 126 valence electrons. The molecular weight excluding hydrogens is 314 g/mol. The minimum absolute atomic E-state index is 0. The molecule has 1 atom stereocenters. The molecule has 0 saturated heterocycles. The topological polar surface area (TPSA) is 81.2 Å². The Morgan fingerprint density at radius 3 is 2.61 bits per heavy atom. The largest absolute Gasteiger partial charge is 0.441 e. The molecule has 0 bridgehead atoms. The zero-order valence-corrected chi connectivity index (χ0v) is 14.7. The van der Waals surface area contributed by atoms with Crippen LogP contribution in [0.25, 0.3) is 11.5 Å². The first-order valence-electron chi connectivity index (χ1n) is 7.47. The van der Waals surface area contributed by atoms with Gasteiger partial charge in [-0.1, -0.05) is 19.9 Å². The smallest absolute Gasteiger partial charge is 0.241 e. The van der Waals surface area contributed by atoms with Gasteiger partial charge in [0.25, 0.3) is 0 Å². The van der Waals surface area contributed by atoms with Crippen LogP contribution in [0.2, 0.25) is 0 Å². The zero-order valence-electron chi connectivity index (χ0n) is 13.9. The highest BCUT2D eigenvalue weighted by atomic mass is 35.5. The van der Waals surface area contributed by atoms with Gasteiger partial charge in [0.15, 0.2) is 0 Å². The number of hydrogen-bond acceptors (Lipinski definition) is 4. The summed E-state index contributed by atoms with van der Waals surface area (Å²) in [6.07, 6.45) is 0.656. The van der Waals surface area contributed by atoms with E-state index in [0.717, 1.165) is 17.0 Å². The molecule has 1 aromatic heterocycles. The Balaban J connectivity index is 0.00000264. The van der Waals surface area contributed by atoms with Gasteiger partial charge in [-0.15, -0.1) is 12.4 Å². The normalized spacial score (nSPS) is 11.9. The van der Waals surface area contributed by atoms with Crippen LogP contribution >= 0.6 is 12.4 Å². The number of nitrogens with two attached hydrogens (primary N) is 1. The van der Waals surface area contributed by atoms with E-state index in [1.54, 1.807) is 0 Å². The SMILES string of the molecule is Cc1nc(-c2cccc(NC(=O)[C@@H](N)CC(C)C)c2)oc1C.Cl. The average molecular weight is 338 g/mol. The van der Waals surface area contributed by atoms with Crippen molar-refractivity contribution in [1.29, 1.82) is 0 Å². The summed E-state index contributed by atoms with van der Waals surface area (Å²) in [5.41, 5.74) is 8.28. The fourth-order valence-electron chi connectivity index (χ4n) is 2.18. The van der Waals surface area contributed by atoms with Gasteiger partial charge in [0.1, 0.15) is 5.76 Å². The first kappa shape index (κ1) is 19.2. The van der Waals surface area contributed by atoms with Crippen molar-refractivity contribution in [1.82, 2.24) is 4.98 Å². The molecule has 5 nitrogen and oxygen atoms in total. The molecule has 1 amide bonds. The molecule has 0 spiro atoms. The van der Waals surface area contributed by atoms with Crippen LogP contribution < -0.4 is 11.1 Å². The molecule has 3 N–H and O–H groups in total. The predicted octanol–water partition coefficient (Wildman–Crippen LogP) is 3.69. The first-order valence-corrected chi connectivity index (χ1v) is 7.47. The molecule has 2 aromatic rings. The van der Waals surface area contributed by atoms with Crippen LogP contribution in [0.3, 0.4) is 0 Å². The highest BCUT2D eigenvalue weighted by molar-refractivity contribution is 5.95. The second kappa shape index (κ2) is 8.13. The van der Waals surface area contributed by atoms with Crippen LogP contribution in [0.5, 0.6) is 0 Å². The lowest BCUT2D eigenvalue weighted by atomic mass is 10.0. The van der Waals surface area contributed by atoms with E-state index in [1.165, 1.54) is 0 Å². The summed E-state index contributed by atoms with van der Waals surface area (Å²) >= 11 is 0. The van der Waals surface area contributed by atoms with Crippen molar-refractivity contribution in [2.45, 2.75) is 40.2 Å². The van der Waals surface area contributed by atoms with E-state index in [2.05, 4.69) is 10.3 Å². The van der Waals surface area contributed by atoms with Crippen molar-refractivity contribution in [2.24, 2.45) is 11.7 Å². The Bertz CT molecular complexity index is 648. The lowest BCUT2D eigenvalue weighted by molar-refractivity contribution is -0.117. The van der Waals surface area contributed by atoms with Crippen molar-refractivity contribution in [3.63, 3.8) is 0 Å². The molecule has 1 heterocycles. The van der Waals surface area contributed by atoms with Crippen LogP contribution in [0.15, 0.2) is 28.7 Å². The number of halogens is 1. The minimum atomic E-state index is -0.505. The van der Waals surface area contributed by atoms with E-state index in [0.29, 0.717) is 23.9 Å². The summed E-state index contributed by atoms with van der Waals surface area (Å²) in [5.74, 6) is 1.55. The maximum absolute atomic E-state index is 12.1. The number of nitrogens with zero attached hydrogens (tertiary/aromatic N) is 1. The summed E-state index contributed by atoms with van der Waals surface area (Å²) < 4.78 is 5.61. The Labute approximate surface area is 143 Å². The lowest BCUT2D eigenvalue weighted by Gasteiger charge is -2.14. The molecule has 0 aliphatic heterocycles. The first-order chi connectivity index (χ1) is 10.4. The summed E-state index contributed by atoms with van der Waals surface area (Å²) in [6, 6.07) is 6.91. The number of carbonyl (C=O) groups excluding carboxylic acids is 1. The number of oxazole rings is 1. The van der Waals surface area contributed by atoms with E-state index < -0.39 is 6.04 Å². The monoisotopic (exact) mass is 337 g/mol. The van der Waals surface area contributed by atoms with E-state index in [-0.39, 0.29) is 18.3 Å². The standard InChI is InChI=1S/C17H23N3O2.ClH/c1-10(2)8-15(18)16(21)20-14-7-5-6-13(9-14)17-19-11(3)12(4)22-17;/h5-7,9-10,15H,8,18H2,1-4H3,(H,20,21);1H/t15-;/m0./s1. The van der Waals surface area contributed by atoms with E-state index in [4.69, 9.17) is 10.2 Å². The highest BCUT2D eigenvalue weighted by Gasteiger charge is 2.15. The van der Waals surface area contributed by atoms with Crippen LogP contribution in [0.1, 0.15) is 31.7 Å². The predicted molar refractivity (Wildman–Crippen MR) is 94.7 cm³/mol. The summed E-state index contributed by atoms with van der Waals surface area (Å²) in [5, 5.41) is 2.85. The summed E-state index contributed by atoms with van der Waals surface area (Å²) in [6.45, 7) is 7.86. The van der Waals surface area contributed by atoms with Gasteiger partial charge in [0, 0.05) is 11.3 Å². The van der Waals surface area contributed by atoms with Gasteiger partial charge in [-0.2, -0.15) is 0 Å². The van der Waals surface area contributed by atoms with Crippen LogP contribution in [0, 0.1) is 19.8 Å². The maximum Gasteiger partial charge on any atom is 0.241 e. The number of anilines is 1.